The van der Waals surface area contributed by atoms with Gasteiger partial charge < -0.3 is 5.11 Å². The van der Waals surface area contributed by atoms with E-state index in [-0.39, 0.29) is 10.6 Å². The molecule has 1 aromatic carbocycles. The Kier molecular flexibility index (Phi) is 3.41. The zero-order chi connectivity index (χ0) is 10.7. The normalized spacial score (nSPS) is 12.5. The lowest BCUT2D eigenvalue weighted by molar-refractivity contribution is -0.142. The van der Waals surface area contributed by atoms with E-state index in [0.29, 0.717) is 0 Å². The highest BCUT2D eigenvalue weighted by molar-refractivity contribution is 6.31. The predicted molar refractivity (Wildman–Crippen MR) is 47.6 cm³/mol. The first-order valence-electron chi connectivity index (χ1n) is 3.82. The Bertz CT molecular complexity index is 334. The van der Waals surface area contributed by atoms with Crippen molar-refractivity contribution in [1.29, 1.82) is 0 Å². The van der Waals surface area contributed by atoms with Crippen LogP contribution >= 0.6 is 11.6 Å². The summed E-state index contributed by atoms with van der Waals surface area (Å²) in [5.41, 5.74) is -0.107. The van der Waals surface area contributed by atoms with Gasteiger partial charge in [0.05, 0.1) is 0 Å². The summed E-state index contributed by atoms with van der Waals surface area (Å²) in [6, 6.07) is 3.86. The summed E-state index contributed by atoms with van der Waals surface area (Å²) in [6.07, 6.45) is -2.69. The van der Waals surface area contributed by atoms with Gasteiger partial charge in [-0.1, -0.05) is 17.7 Å². The standard InChI is InChI=1S/C9H7ClF2O2/c10-6-2-1-3-7(11)5(6)4-8(12)9(13)14/h1-3,8H,4H2,(H,13,14). The van der Waals surface area contributed by atoms with Crippen molar-refractivity contribution in [2.75, 3.05) is 0 Å². The first-order valence-corrected chi connectivity index (χ1v) is 4.20. The van der Waals surface area contributed by atoms with Crippen LogP contribution in [0.2, 0.25) is 5.02 Å². The summed E-state index contributed by atoms with van der Waals surface area (Å²) >= 11 is 5.58. The molecular formula is C9H7ClF2O2. The summed E-state index contributed by atoms with van der Waals surface area (Å²) in [4.78, 5) is 10.2. The van der Waals surface area contributed by atoms with Crippen LogP contribution in [0.4, 0.5) is 8.78 Å². The zero-order valence-electron chi connectivity index (χ0n) is 7.01. The highest BCUT2D eigenvalue weighted by Crippen LogP contribution is 2.21. The number of hydrogen-bond acceptors (Lipinski definition) is 1. The molecule has 1 N–H and O–H groups in total. The molecule has 1 unspecified atom stereocenters. The first-order chi connectivity index (χ1) is 6.52. The van der Waals surface area contributed by atoms with Gasteiger partial charge in [-0.15, -0.1) is 0 Å². The molecule has 0 radical (unpaired) electrons. The van der Waals surface area contributed by atoms with Crippen molar-refractivity contribution in [3.05, 3.63) is 34.6 Å². The van der Waals surface area contributed by atoms with Crippen molar-refractivity contribution >= 4 is 17.6 Å². The topological polar surface area (TPSA) is 37.3 Å². The van der Waals surface area contributed by atoms with E-state index in [1.165, 1.54) is 12.1 Å². The van der Waals surface area contributed by atoms with Crippen LogP contribution in [0.25, 0.3) is 0 Å². The SMILES string of the molecule is O=C(O)C(F)Cc1c(F)cccc1Cl. The van der Waals surface area contributed by atoms with Gasteiger partial charge in [-0.3, -0.25) is 0 Å². The lowest BCUT2D eigenvalue weighted by Crippen LogP contribution is -2.18. The highest BCUT2D eigenvalue weighted by Gasteiger charge is 2.19. The van der Waals surface area contributed by atoms with Crippen LogP contribution in [0, 0.1) is 5.82 Å². The lowest BCUT2D eigenvalue weighted by atomic mass is 10.1. The number of benzene rings is 1. The average molecular weight is 221 g/mol. The van der Waals surface area contributed by atoms with Gasteiger partial charge in [0.1, 0.15) is 5.82 Å². The van der Waals surface area contributed by atoms with E-state index in [9.17, 15) is 13.6 Å². The molecule has 0 heterocycles. The Morgan fingerprint density at radius 3 is 2.71 bits per heavy atom. The van der Waals surface area contributed by atoms with Crippen molar-refractivity contribution < 1.29 is 18.7 Å². The number of carboxylic acids is 1. The largest absolute Gasteiger partial charge is 0.479 e. The molecule has 0 aromatic heterocycles. The Balaban J connectivity index is 2.91. The second kappa shape index (κ2) is 4.37. The van der Waals surface area contributed by atoms with Crippen molar-refractivity contribution in [3.8, 4) is 0 Å². The molecule has 1 rings (SSSR count). The zero-order valence-corrected chi connectivity index (χ0v) is 7.76. The molecule has 76 valence electrons. The maximum atomic E-state index is 13.0. The molecular weight excluding hydrogens is 214 g/mol. The predicted octanol–water partition coefficient (Wildman–Crippen LogP) is 2.44. The van der Waals surface area contributed by atoms with Gasteiger partial charge >= 0.3 is 5.97 Å². The van der Waals surface area contributed by atoms with Crippen LogP contribution in [0.15, 0.2) is 18.2 Å². The highest BCUT2D eigenvalue weighted by atomic mass is 35.5. The van der Waals surface area contributed by atoms with Crippen LogP contribution in [0.3, 0.4) is 0 Å². The van der Waals surface area contributed by atoms with Crippen LogP contribution in [-0.4, -0.2) is 17.2 Å². The van der Waals surface area contributed by atoms with E-state index >= 15 is 0 Å². The summed E-state index contributed by atoms with van der Waals surface area (Å²) < 4.78 is 25.8. The number of carboxylic acid groups (broad SMARTS) is 1. The van der Waals surface area contributed by atoms with E-state index in [1.54, 1.807) is 0 Å². The Morgan fingerprint density at radius 2 is 2.21 bits per heavy atom. The lowest BCUT2D eigenvalue weighted by Gasteiger charge is -2.06. The molecule has 0 amide bonds. The summed E-state index contributed by atoms with van der Waals surface area (Å²) in [5.74, 6) is -2.31. The van der Waals surface area contributed by atoms with Gasteiger partial charge in [0.25, 0.3) is 0 Å². The fourth-order valence-electron chi connectivity index (χ4n) is 0.994. The number of rotatable bonds is 3. The fraction of sp³-hybridized carbons (Fsp3) is 0.222. The fourth-order valence-corrected chi connectivity index (χ4v) is 1.23. The van der Waals surface area contributed by atoms with Gasteiger partial charge in [0, 0.05) is 17.0 Å². The third-order valence-electron chi connectivity index (χ3n) is 1.71. The van der Waals surface area contributed by atoms with Gasteiger partial charge in [-0.05, 0) is 12.1 Å². The minimum Gasteiger partial charge on any atom is -0.479 e. The first kappa shape index (κ1) is 10.9. The van der Waals surface area contributed by atoms with Crippen molar-refractivity contribution in [3.63, 3.8) is 0 Å². The van der Waals surface area contributed by atoms with E-state index in [1.807, 2.05) is 0 Å². The molecule has 2 nitrogen and oxygen atoms in total. The Morgan fingerprint density at radius 1 is 1.57 bits per heavy atom. The van der Waals surface area contributed by atoms with Gasteiger partial charge in [-0.2, -0.15) is 0 Å². The maximum Gasteiger partial charge on any atom is 0.338 e. The molecule has 0 saturated carbocycles. The van der Waals surface area contributed by atoms with Crippen LogP contribution in [0.1, 0.15) is 5.56 Å². The van der Waals surface area contributed by atoms with Gasteiger partial charge in [0.15, 0.2) is 0 Å². The minimum atomic E-state index is -2.13. The van der Waals surface area contributed by atoms with E-state index < -0.39 is 24.4 Å². The summed E-state index contributed by atoms with van der Waals surface area (Å²) in [5, 5.41) is 8.32. The van der Waals surface area contributed by atoms with Crippen LogP contribution in [-0.2, 0) is 11.2 Å². The Labute approximate surface area is 84.1 Å². The molecule has 0 fully saturated rings. The third kappa shape index (κ3) is 2.42. The molecule has 0 spiro atoms. The van der Waals surface area contributed by atoms with Crippen molar-refractivity contribution in [2.45, 2.75) is 12.6 Å². The van der Waals surface area contributed by atoms with E-state index in [4.69, 9.17) is 16.7 Å². The van der Waals surface area contributed by atoms with E-state index in [0.717, 1.165) is 6.07 Å². The molecule has 14 heavy (non-hydrogen) atoms. The second-order valence-electron chi connectivity index (χ2n) is 2.71. The minimum absolute atomic E-state index is 0.0360. The average Bonchev–Trinajstić information content (AvgIpc) is 2.11. The van der Waals surface area contributed by atoms with Gasteiger partial charge in [-0.25, -0.2) is 13.6 Å². The molecule has 0 aliphatic heterocycles. The molecule has 0 aliphatic carbocycles. The number of hydrogen-bond donors (Lipinski definition) is 1. The number of alkyl halides is 1. The quantitative estimate of drug-likeness (QED) is 0.850. The molecule has 1 atom stereocenters. The van der Waals surface area contributed by atoms with Crippen LogP contribution in [0.5, 0.6) is 0 Å². The second-order valence-corrected chi connectivity index (χ2v) is 3.12. The summed E-state index contributed by atoms with van der Waals surface area (Å²) in [7, 11) is 0. The third-order valence-corrected chi connectivity index (χ3v) is 2.07. The van der Waals surface area contributed by atoms with E-state index in [2.05, 4.69) is 0 Å². The molecule has 5 heteroatoms. The molecule has 0 bridgehead atoms. The van der Waals surface area contributed by atoms with Crippen molar-refractivity contribution in [1.82, 2.24) is 0 Å². The Hall–Kier alpha value is -1.16. The monoisotopic (exact) mass is 220 g/mol. The molecule has 0 saturated heterocycles. The molecule has 1 aromatic rings. The number of aliphatic carboxylic acids is 1. The number of carbonyl (C=O) groups is 1. The van der Waals surface area contributed by atoms with Crippen molar-refractivity contribution in [2.24, 2.45) is 0 Å². The molecule has 0 aliphatic rings. The summed E-state index contributed by atoms with van der Waals surface area (Å²) in [6.45, 7) is 0. The maximum absolute atomic E-state index is 13.0. The number of halogens is 3. The van der Waals surface area contributed by atoms with Gasteiger partial charge in [0.2, 0.25) is 6.17 Å². The smallest absolute Gasteiger partial charge is 0.338 e. The van der Waals surface area contributed by atoms with Crippen LogP contribution < -0.4 is 0 Å².